The second-order valence-electron chi connectivity index (χ2n) is 25.3. The number of aliphatic hydroxyl groups excluding tert-OH is 6. The number of aliphatic hydroxyl groups is 9. The lowest BCUT2D eigenvalue weighted by Gasteiger charge is -2.53. The molecule has 0 radical (unpaired) electrons. The van der Waals surface area contributed by atoms with Gasteiger partial charge in [0.25, 0.3) is 5.91 Å². The molecule has 14 N–H and O–H groups in total. The highest BCUT2D eigenvalue weighted by Gasteiger charge is 2.67. The van der Waals surface area contributed by atoms with Crippen LogP contribution in [0.2, 0.25) is 0 Å². The number of ether oxygens (including phenoxy) is 6. The normalized spacial score (nSPS) is 43.3. The predicted octanol–water partition coefficient (Wildman–Crippen LogP) is 0.613. The first kappa shape index (κ1) is 70.2. The summed E-state index contributed by atoms with van der Waals surface area (Å²) in [6, 6.07) is 2.84. The Morgan fingerprint density at radius 2 is 1.42 bits per heavy atom. The lowest BCUT2D eigenvalue weighted by molar-refractivity contribution is -0.318. The van der Waals surface area contributed by atoms with Crippen LogP contribution in [0.3, 0.4) is 0 Å². The van der Waals surface area contributed by atoms with E-state index in [1.165, 1.54) is 52.9 Å². The Morgan fingerprint density at radius 3 is 1.96 bits per heavy atom. The lowest BCUT2D eigenvalue weighted by atomic mass is 9.55. The molecule has 0 bridgehead atoms. The summed E-state index contributed by atoms with van der Waals surface area (Å²) in [6.45, 7) is 18.0. The molecule has 1 aromatic carbocycles. The Morgan fingerprint density at radius 1 is 0.810 bits per heavy atom. The molecule has 3 aliphatic heterocycles. The highest BCUT2D eigenvalue weighted by molar-refractivity contribution is 6.25. The van der Waals surface area contributed by atoms with Crippen molar-refractivity contribution >= 4 is 29.2 Å². The SMILES string of the molecule is CC[C@H]1OC(=O)[C@H](C)[C@@H](O[C@H]2C[C@@](C)(OC)[C@@H](O)[C@H](C)O2)[C@H](C)[C@@H](O[C@@H]2O[C@H](C)C[C@H](N(C)C)[C@H]2O)[C@](C)(O)C[C@@H](C)C(=O)[C@H](C)[C@@H](O)[C@]1(C)O.C[C@H]1c2cccc(O)c2C(=O)C2=C(O)[C@]3(O)C(=O)C(C(N)=O)=C(O)[C@@H](N(C)C)[C@@H]3[C@@H](O)[C@@H]21.O. The van der Waals surface area contributed by atoms with Gasteiger partial charge in [0.05, 0.1) is 71.3 Å². The maximum absolute atomic E-state index is 14.1. The van der Waals surface area contributed by atoms with Crippen LogP contribution < -0.4 is 5.73 Å². The number of ketones is 3. The van der Waals surface area contributed by atoms with Gasteiger partial charge in [-0.1, -0.05) is 46.8 Å². The van der Waals surface area contributed by atoms with Crippen LogP contribution in [0.15, 0.2) is 40.9 Å². The minimum absolute atomic E-state index is 0. The van der Waals surface area contributed by atoms with Crippen molar-refractivity contribution in [3.05, 3.63) is 52.0 Å². The minimum atomic E-state index is -2.89. The van der Waals surface area contributed by atoms with Crippen LogP contribution in [0, 0.1) is 35.5 Å². The fourth-order valence-electron chi connectivity index (χ4n) is 14.0. The van der Waals surface area contributed by atoms with Crippen molar-refractivity contribution < 1.29 is 109 Å². The largest absolute Gasteiger partial charge is 0.510 e. The number of nitrogens with zero attached hydrogens (tertiary/aromatic N) is 2. The predicted molar refractivity (Wildman–Crippen MR) is 300 cm³/mol. The number of Topliss-reactive ketones (excluding diaryl/α,β-unsaturated/α-hetero) is 3. The summed E-state index contributed by atoms with van der Waals surface area (Å²) in [4.78, 5) is 69.6. The van der Waals surface area contributed by atoms with Gasteiger partial charge in [0, 0.05) is 48.8 Å². The van der Waals surface area contributed by atoms with E-state index in [1.54, 1.807) is 60.6 Å². The van der Waals surface area contributed by atoms with Gasteiger partial charge in [0.1, 0.15) is 52.5 Å². The number of rotatable bonds is 9. The third kappa shape index (κ3) is 12.5. The molecule has 3 fully saturated rings. The minimum Gasteiger partial charge on any atom is -0.510 e. The van der Waals surface area contributed by atoms with Crippen LogP contribution in [-0.4, -0.2) is 233 Å². The zero-order valence-electron chi connectivity index (χ0n) is 51.0. The van der Waals surface area contributed by atoms with Crippen LogP contribution >= 0.6 is 0 Å². The molecule has 3 saturated heterocycles. The fraction of sp³-hybridized carbons (Fsp3) is 0.746. The zero-order chi connectivity index (χ0) is 62.8. The number of primary amides is 1. The molecule has 0 aromatic heterocycles. The van der Waals surface area contributed by atoms with E-state index in [2.05, 4.69) is 0 Å². The molecule has 6 aliphatic rings. The Labute approximate surface area is 490 Å². The number of amides is 1. The van der Waals surface area contributed by atoms with Gasteiger partial charge in [0.15, 0.2) is 24.0 Å². The van der Waals surface area contributed by atoms with Crippen molar-refractivity contribution in [1.29, 1.82) is 0 Å². The Balaban J connectivity index is 0.000000334. The van der Waals surface area contributed by atoms with Gasteiger partial charge in [-0.05, 0) is 107 Å². The number of likely N-dealkylation sites (N-methyl/N-ethyl adjacent to an activating group) is 2. The quantitative estimate of drug-likeness (QED) is 0.119. The van der Waals surface area contributed by atoms with E-state index >= 15 is 0 Å². The molecule has 476 valence electrons. The summed E-state index contributed by atoms with van der Waals surface area (Å²) in [5, 5.41) is 113. The van der Waals surface area contributed by atoms with Gasteiger partial charge in [-0.2, -0.15) is 0 Å². The maximum atomic E-state index is 14.1. The van der Waals surface area contributed by atoms with Gasteiger partial charge in [-0.15, -0.1) is 0 Å². The van der Waals surface area contributed by atoms with E-state index in [0.29, 0.717) is 12.0 Å². The standard InChI is InChI=1S/C37H67NO13.C22H24N2O8.H2O/c1-14-25-37(10,45)30(41)20(4)27(39)18(2)16-35(8,44)32(51-34-28(40)24(38(11)12)15-19(3)47-34)21(5)29(22(6)33(43)49-25)50-26-17-36(9,46-13)31(42)23(7)48-26;1-7-8-5-4-6-9(25)11(8)16(26)12-10(7)17(27)14-15(24(2)3)18(28)13(21(23)31)20(30)22(14,32)19(12)29;/h18-26,28-32,34,40-42,44-45H,14-17H2,1-13H3;4-7,10,14-15,17,25,27-29,32H,1-3H3,(H2,23,31);1H2/t18-,19-,20+,21+,22-,23+,24+,25-,26+,28-,29+,30-,31+,32-,34+,35-,36-,37-;7-,10+,14+,15-,17-,22-;/m10./s1. The Kier molecular flexibility index (Phi) is 21.8. The number of aromatic hydroxyl groups is 1. The first-order valence-electron chi connectivity index (χ1n) is 28.5. The van der Waals surface area contributed by atoms with Crippen LogP contribution in [0.5, 0.6) is 5.75 Å². The van der Waals surface area contributed by atoms with Gasteiger partial charge >= 0.3 is 5.97 Å². The number of phenols is 1. The Bertz CT molecular complexity index is 2660. The van der Waals surface area contributed by atoms with Gasteiger partial charge in [-0.3, -0.25) is 28.9 Å². The van der Waals surface area contributed by atoms with Crippen LogP contribution in [0.1, 0.15) is 124 Å². The van der Waals surface area contributed by atoms with Crippen molar-refractivity contribution in [2.24, 2.45) is 41.2 Å². The summed E-state index contributed by atoms with van der Waals surface area (Å²) < 4.78 is 37.1. The summed E-state index contributed by atoms with van der Waals surface area (Å²) in [5.74, 6) is -13.8. The van der Waals surface area contributed by atoms with Crippen molar-refractivity contribution in [2.45, 2.75) is 210 Å². The highest BCUT2D eigenvalue weighted by atomic mass is 16.7. The smallest absolute Gasteiger partial charge is 0.311 e. The molecule has 84 heavy (non-hydrogen) atoms. The lowest BCUT2D eigenvalue weighted by Crippen LogP contribution is -2.68. The van der Waals surface area contributed by atoms with Gasteiger partial charge in [0.2, 0.25) is 5.78 Å². The molecule has 25 nitrogen and oxygen atoms in total. The van der Waals surface area contributed by atoms with Crippen LogP contribution in [0.25, 0.3) is 0 Å². The van der Waals surface area contributed by atoms with Crippen molar-refractivity contribution in [3.63, 3.8) is 0 Å². The molecule has 0 spiro atoms. The summed E-state index contributed by atoms with van der Waals surface area (Å²) >= 11 is 0. The molecule has 3 heterocycles. The number of fused-ring (bicyclic) bond motifs is 3. The van der Waals surface area contributed by atoms with Crippen molar-refractivity contribution in [2.75, 3.05) is 35.3 Å². The summed E-state index contributed by atoms with van der Waals surface area (Å²) in [5.41, 5.74) is -3.48. The number of hydrogen-bond acceptors (Lipinski definition) is 23. The molecular formula is C59H93N3O22. The van der Waals surface area contributed by atoms with Crippen LogP contribution in [0.4, 0.5) is 0 Å². The molecule has 0 saturated carbocycles. The van der Waals surface area contributed by atoms with Gasteiger partial charge in [-0.25, -0.2) is 0 Å². The highest BCUT2D eigenvalue weighted by Crippen LogP contribution is 2.55. The number of carbonyl (C=O) groups excluding carboxylic acids is 5. The average molecular weight is 1200 g/mol. The number of carbonyl (C=O) groups is 5. The molecule has 7 rings (SSSR count). The van der Waals surface area contributed by atoms with Gasteiger partial charge < -0.3 is 95.6 Å². The first-order valence-corrected chi connectivity index (χ1v) is 28.5. The number of benzene rings is 1. The number of phenolic OH excluding ortho intramolecular Hbond substituents is 1. The summed E-state index contributed by atoms with van der Waals surface area (Å²) in [7, 11) is 8.15. The van der Waals surface area contributed by atoms with Crippen LogP contribution in [-0.2, 0) is 47.6 Å². The molecule has 0 unspecified atom stereocenters. The molecule has 1 aromatic rings. The fourth-order valence-corrected chi connectivity index (χ4v) is 14.0. The average Bonchev–Trinajstić information content (AvgIpc) is 0.859. The zero-order valence-corrected chi connectivity index (χ0v) is 51.0. The van der Waals surface area contributed by atoms with E-state index in [-0.39, 0.29) is 48.2 Å². The molecular weight excluding hydrogens is 1100 g/mol. The van der Waals surface area contributed by atoms with Crippen molar-refractivity contribution in [1.82, 2.24) is 9.80 Å². The Hall–Kier alpha value is -4.55. The maximum Gasteiger partial charge on any atom is 0.311 e. The summed E-state index contributed by atoms with van der Waals surface area (Å²) in [6.07, 6.45) is -11.3. The topological polar surface area (TPSA) is 407 Å². The second-order valence-corrected chi connectivity index (χ2v) is 25.3. The molecule has 1 amide bonds. The third-order valence-corrected chi connectivity index (χ3v) is 18.8. The van der Waals surface area contributed by atoms with E-state index in [0.717, 1.165) is 0 Å². The van der Waals surface area contributed by atoms with Crippen molar-refractivity contribution in [3.8, 4) is 5.75 Å². The van der Waals surface area contributed by atoms with E-state index < -0.39 is 183 Å². The molecule has 24 atom stereocenters. The molecule has 3 aliphatic carbocycles. The number of nitrogens with two attached hydrogens (primary N) is 1. The second kappa shape index (κ2) is 26.0. The molecule has 25 heteroatoms. The van der Waals surface area contributed by atoms with E-state index in [9.17, 15) is 75.0 Å². The van der Waals surface area contributed by atoms with E-state index in [4.69, 9.17) is 34.2 Å². The monoisotopic (exact) mass is 1200 g/mol. The first-order chi connectivity index (χ1) is 38.3. The van der Waals surface area contributed by atoms with E-state index in [1.807, 2.05) is 25.9 Å². The number of cyclic esters (lactones) is 1. The third-order valence-electron chi connectivity index (χ3n) is 18.8. The number of esters is 1. The number of methoxy groups -OCH3 is 1. The number of hydrogen-bond donors (Lipinski definition) is 11.